The van der Waals surface area contributed by atoms with Gasteiger partial charge in [0.1, 0.15) is 5.69 Å². The molecule has 2 aromatic carbocycles. The van der Waals surface area contributed by atoms with E-state index in [9.17, 15) is 9.90 Å². The summed E-state index contributed by atoms with van der Waals surface area (Å²) in [5.41, 5.74) is 3.54. The molecule has 0 fully saturated rings. The fraction of sp³-hybridized carbons (Fsp3) is 0.167. The maximum Gasteiger partial charge on any atom is 0.352 e. The second-order valence-corrected chi connectivity index (χ2v) is 5.48. The Hall–Kier alpha value is -2.75. The molecule has 0 radical (unpaired) electrons. The van der Waals surface area contributed by atoms with Crippen molar-refractivity contribution in [3.8, 4) is 0 Å². The van der Waals surface area contributed by atoms with Crippen molar-refractivity contribution in [2.75, 3.05) is 11.9 Å². The van der Waals surface area contributed by atoms with Crippen LogP contribution in [0.2, 0.25) is 0 Å². The summed E-state index contributed by atoms with van der Waals surface area (Å²) in [6.45, 7) is 0.810. The standard InChI is InChI=1S/C18H18N2O2/c1-19(12-13-6-4-3-5-7-13)15-8-9-16-14(10-15)11-17(18(21)22)20(16)2/h3-11H,12H2,1-2H3,(H,21,22). The molecule has 4 nitrogen and oxygen atoms in total. The van der Waals surface area contributed by atoms with Gasteiger partial charge in [0, 0.05) is 37.2 Å². The van der Waals surface area contributed by atoms with E-state index in [0.29, 0.717) is 5.69 Å². The lowest BCUT2D eigenvalue weighted by Crippen LogP contribution is -2.16. The molecular weight excluding hydrogens is 276 g/mol. The largest absolute Gasteiger partial charge is 0.477 e. The number of aryl methyl sites for hydroxylation is 1. The zero-order chi connectivity index (χ0) is 15.7. The van der Waals surface area contributed by atoms with Crippen LogP contribution in [0.5, 0.6) is 0 Å². The number of carbonyl (C=O) groups is 1. The number of rotatable bonds is 4. The third kappa shape index (κ3) is 2.55. The minimum absolute atomic E-state index is 0.304. The number of carboxylic acid groups (broad SMARTS) is 1. The lowest BCUT2D eigenvalue weighted by Gasteiger charge is -2.19. The summed E-state index contributed by atoms with van der Waals surface area (Å²) in [6, 6.07) is 18.0. The van der Waals surface area contributed by atoms with Gasteiger partial charge in [-0.25, -0.2) is 4.79 Å². The van der Waals surface area contributed by atoms with Crippen molar-refractivity contribution in [2.24, 2.45) is 7.05 Å². The molecule has 0 amide bonds. The molecule has 0 saturated heterocycles. The van der Waals surface area contributed by atoms with E-state index in [1.165, 1.54) is 5.56 Å². The molecule has 1 heterocycles. The SMILES string of the molecule is CN(Cc1ccccc1)c1ccc2c(c1)cc(C(=O)O)n2C. The number of carboxylic acids is 1. The van der Waals surface area contributed by atoms with Crippen molar-refractivity contribution in [2.45, 2.75) is 6.54 Å². The molecule has 4 heteroatoms. The van der Waals surface area contributed by atoms with Gasteiger partial charge in [-0.1, -0.05) is 30.3 Å². The van der Waals surface area contributed by atoms with Gasteiger partial charge in [0.15, 0.2) is 0 Å². The smallest absolute Gasteiger partial charge is 0.352 e. The van der Waals surface area contributed by atoms with Crippen molar-refractivity contribution in [3.63, 3.8) is 0 Å². The summed E-state index contributed by atoms with van der Waals surface area (Å²) in [7, 11) is 3.81. The summed E-state index contributed by atoms with van der Waals surface area (Å²) in [4.78, 5) is 13.4. The molecule has 0 aliphatic carbocycles. The molecule has 0 spiro atoms. The van der Waals surface area contributed by atoms with Gasteiger partial charge in [0.05, 0.1) is 0 Å². The minimum Gasteiger partial charge on any atom is -0.477 e. The first-order chi connectivity index (χ1) is 10.6. The van der Waals surface area contributed by atoms with Gasteiger partial charge < -0.3 is 14.6 Å². The molecular formula is C18H18N2O2. The van der Waals surface area contributed by atoms with E-state index in [2.05, 4.69) is 17.0 Å². The summed E-state index contributed by atoms with van der Waals surface area (Å²) in [5, 5.41) is 10.2. The van der Waals surface area contributed by atoms with E-state index in [0.717, 1.165) is 23.1 Å². The third-order valence-electron chi connectivity index (χ3n) is 3.95. The average molecular weight is 294 g/mol. The van der Waals surface area contributed by atoms with Crippen LogP contribution in [-0.2, 0) is 13.6 Å². The van der Waals surface area contributed by atoms with Crippen LogP contribution in [0.15, 0.2) is 54.6 Å². The first-order valence-corrected chi connectivity index (χ1v) is 7.14. The first kappa shape index (κ1) is 14.2. The predicted molar refractivity (Wildman–Crippen MR) is 88.4 cm³/mol. The van der Waals surface area contributed by atoms with Gasteiger partial charge in [0.25, 0.3) is 0 Å². The molecule has 1 aromatic heterocycles. The Labute approximate surface area is 129 Å². The molecule has 0 saturated carbocycles. The van der Waals surface area contributed by atoms with Crippen LogP contribution in [0, 0.1) is 0 Å². The fourth-order valence-electron chi connectivity index (χ4n) is 2.73. The van der Waals surface area contributed by atoms with Crippen LogP contribution in [0.3, 0.4) is 0 Å². The Morgan fingerprint density at radius 1 is 1.14 bits per heavy atom. The van der Waals surface area contributed by atoms with Crippen molar-refractivity contribution in [1.82, 2.24) is 4.57 Å². The van der Waals surface area contributed by atoms with Gasteiger partial charge in [-0.2, -0.15) is 0 Å². The Kier molecular flexibility index (Phi) is 3.59. The average Bonchev–Trinajstić information content (AvgIpc) is 2.85. The van der Waals surface area contributed by atoms with E-state index >= 15 is 0 Å². The molecule has 0 unspecified atom stereocenters. The van der Waals surface area contributed by atoms with E-state index in [1.807, 2.05) is 43.4 Å². The molecule has 0 aliphatic heterocycles. The molecule has 0 bridgehead atoms. The van der Waals surface area contributed by atoms with Crippen LogP contribution in [0.4, 0.5) is 5.69 Å². The summed E-state index contributed by atoms with van der Waals surface area (Å²) >= 11 is 0. The number of hydrogen-bond acceptors (Lipinski definition) is 2. The van der Waals surface area contributed by atoms with Gasteiger partial charge in [-0.05, 0) is 29.8 Å². The number of aromatic carboxylic acids is 1. The number of aromatic nitrogens is 1. The van der Waals surface area contributed by atoms with E-state index in [-0.39, 0.29) is 0 Å². The topological polar surface area (TPSA) is 45.5 Å². The lowest BCUT2D eigenvalue weighted by molar-refractivity contribution is 0.0687. The van der Waals surface area contributed by atoms with Crippen molar-refractivity contribution in [3.05, 3.63) is 65.9 Å². The molecule has 0 atom stereocenters. The van der Waals surface area contributed by atoms with E-state index < -0.39 is 5.97 Å². The van der Waals surface area contributed by atoms with Crippen LogP contribution < -0.4 is 4.90 Å². The van der Waals surface area contributed by atoms with Crippen molar-refractivity contribution < 1.29 is 9.90 Å². The molecule has 3 rings (SSSR count). The molecule has 1 N–H and O–H groups in total. The number of hydrogen-bond donors (Lipinski definition) is 1. The van der Waals surface area contributed by atoms with Gasteiger partial charge in [-0.3, -0.25) is 0 Å². The third-order valence-corrected chi connectivity index (χ3v) is 3.95. The highest BCUT2D eigenvalue weighted by molar-refractivity contribution is 5.95. The Balaban J connectivity index is 1.93. The Morgan fingerprint density at radius 3 is 2.55 bits per heavy atom. The summed E-state index contributed by atoms with van der Waals surface area (Å²) < 4.78 is 1.71. The monoisotopic (exact) mass is 294 g/mol. The van der Waals surface area contributed by atoms with Gasteiger partial charge in [0.2, 0.25) is 0 Å². The summed E-state index contributed by atoms with van der Waals surface area (Å²) in [6.07, 6.45) is 0. The fourth-order valence-corrected chi connectivity index (χ4v) is 2.73. The van der Waals surface area contributed by atoms with Crippen molar-refractivity contribution in [1.29, 1.82) is 0 Å². The molecule has 3 aromatic rings. The Bertz CT molecular complexity index is 822. The van der Waals surface area contributed by atoms with Crippen molar-refractivity contribution >= 4 is 22.6 Å². The molecule has 112 valence electrons. The number of benzene rings is 2. The van der Waals surface area contributed by atoms with Crippen LogP contribution in [-0.4, -0.2) is 22.7 Å². The summed E-state index contributed by atoms with van der Waals surface area (Å²) in [5.74, 6) is -0.905. The number of nitrogens with zero attached hydrogens (tertiary/aromatic N) is 2. The Morgan fingerprint density at radius 2 is 1.86 bits per heavy atom. The predicted octanol–water partition coefficient (Wildman–Crippen LogP) is 3.51. The number of anilines is 1. The van der Waals surface area contributed by atoms with E-state index in [1.54, 1.807) is 17.7 Å². The highest BCUT2D eigenvalue weighted by Gasteiger charge is 2.13. The maximum atomic E-state index is 11.2. The zero-order valence-electron chi connectivity index (χ0n) is 12.7. The molecule has 0 aliphatic rings. The van der Waals surface area contributed by atoms with E-state index in [4.69, 9.17) is 0 Å². The second-order valence-electron chi connectivity index (χ2n) is 5.48. The lowest BCUT2D eigenvalue weighted by atomic mass is 10.2. The van der Waals surface area contributed by atoms with Gasteiger partial charge >= 0.3 is 5.97 Å². The van der Waals surface area contributed by atoms with Crippen LogP contribution >= 0.6 is 0 Å². The highest BCUT2D eigenvalue weighted by atomic mass is 16.4. The van der Waals surface area contributed by atoms with Crippen LogP contribution in [0.25, 0.3) is 10.9 Å². The van der Waals surface area contributed by atoms with Gasteiger partial charge in [-0.15, -0.1) is 0 Å². The highest BCUT2D eigenvalue weighted by Crippen LogP contribution is 2.25. The molecule has 22 heavy (non-hydrogen) atoms. The maximum absolute atomic E-state index is 11.2. The minimum atomic E-state index is -0.905. The first-order valence-electron chi connectivity index (χ1n) is 7.14. The number of fused-ring (bicyclic) bond motifs is 1. The normalized spacial score (nSPS) is 10.8. The quantitative estimate of drug-likeness (QED) is 0.801. The van der Waals surface area contributed by atoms with Crippen LogP contribution in [0.1, 0.15) is 16.1 Å². The second kappa shape index (κ2) is 5.56. The zero-order valence-corrected chi connectivity index (χ0v) is 12.7.